The van der Waals surface area contributed by atoms with Crippen molar-refractivity contribution in [2.75, 3.05) is 13.2 Å². The molecule has 1 saturated carbocycles. The Morgan fingerprint density at radius 2 is 1.85 bits per heavy atom. The second-order valence-electron chi connectivity index (χ2n) is 6.14. The number of nitrogens with two attached hydrogens (primary N) is 1. The van der Waals surface area contributed by atoms with Crippen molar-refractivity contribution in [3.63, 3.8) is 0 Å². The van der Waals surface area contributed by atoms with E-state index in [-0.39, 0.29) is 36.5 Å². The van der Waals surface area contributed by atoms with E-state index in [4.69, 9.17) is 10.5 Å². The first-order valence-corrected chi connectivity index (χ1v) is 7.78. The van der Waals surface area contributed by atoms with Crippen molar-refractivity contribution in [1.29, 1.82) is 0 Å². The van der Waals surface area contributed by atoms with E-state index in [1.165, 1.54) is 19.3 Å². The third-order valence-electron chi connectivity index (χ3n) is 4.60. The summed E-state index contributed by atoms with van der Waals surface area (Å²) in [6, 6.07) is 0.174. The molecule has 1 aliphatic heterocycles. The van der Waals surface area contributed by atoms with E-state index in [0.717, 1.165) is 25.7 Å². The fraction of sp³-hybridized carbons (Fsp3) is 0.867. The number of hydrogen-bond donors (Lipinski definition) is 1. The third kappa shape index (κ3) is 3.95. The first-order chi connectivity index (χ1) is 9.58. The van der Waals surface area contributed by atoms with Gasteiger partial charge in [0.25, 0.3) is 0 Å². The highest BCUT2D eigenvalue weighted by atomic mass is 16.5. The van der Waals surface area contributed by atoms with Gasteiger partial charge in [-0.25, -0.2) is 0 Å². The smallest absolute Gasteiger partial charge is 0.248 e. The molecule has 2 atom stereocenters. The zero-order valence-electron chi connectivity index (χ0n) is 12.3. The molecule has 2 fully saturated rings. The van der Waals surface area contributed by atoms with Crippen LogP contribution in [0.4, 0.5) is 0 Å². The second-order valence-corrected chi connectivity index (χ2v) is 6.14. The standard InChI is InChI=1S/C15H26N2O3/c1-11-7-8-12(15(16)19)9-17(11)14(18)10-20-13-5-3-2-4-6-13/h11-13H,2-10H2,1H3,(H2,16,19)/t11-,12-/m1/s1. The predicted molar refractivity (Wildman–Crippen MR) is 75.9 cm³/mol. The van der Waals surface area contributed by atoms with Crippen LogP contribution < -0.4 is 5.73 Å². The van der Waals surface area contributed by atoms with E-state index in [9.17, 15) is 9.59 Å². The monoisotopic (exact) mass is 282 g/mol. The minimum Gasteiger partial charge on any atom is -0.369 e. The number of nitrogens with zero attached hydrogens (tertiary/aromatic N) is 1. The summed E-state index contributed by atoms with van der Waals surface area (Å²) in [5, 5.41) is 0. The van der Waals surface area contributed by atoms with Crippen LogP contribution in [0.2, 0.25) is 0 Å². The molecular weight excluding hydrogens is 256 g/mol. The van der Waals surface area contributed by atoms with Gasteiger partial charge in [-0.05, 0) is 32.6 Å². The minimum atomic E-state index is -0.303. The lowest BCUT2D eigenvalue weighted by Crippen LogP contribution is -2.50. The largest absolute Gasteiger partial charge is 0.369 e. The third-order valence-corrected chi connectivity index (χ3v) is 4.60. The molecule has 114 valence electrons. The van der Waals surface area contributed by atoms with Gasteiger partial charge < -0.3 is 15.4 Å². The Balaban J connectivity index is 1.81. The number of ether oxygens (including phenoxy) is 1. The fourth-order valence-corrected chi connectivity index (χ4v) is 3.19. The van der Waals surface area contributed by atoms with Gasteiger partial charge in [-0.1, -0.05) is 19.3 Å². The number of rotatable bonds is 4. The van der Waals surface area contributed by atoms with Crippen LogP contribution in [0, 0.1) is 5.92 Å². The average molecular weight is 282 g/mol. The summed E-state index contributed by atoms with van der Waals surface area (Å²) in [4.78, 5) is 25.3. The molecule has 0 aromatic rings. The Morgan fingerprint density at radius 1 is 1.15 bits per heavy atom. The van der Waals surface area contributed by atoms with Crippen molar-refractivity contribution in [1.82, 2.24) is 4.90 Å². The van der Waals surface area contributed by atoms with Crippen LogP contribution in [0.5, 0.6) is 0 Å². The van der Waals surface area contributed by atoms with Crippen molar-refractivity contribution >= 4 is 11.8 Å². The number of hydrogen-bond acceptors (Lipinski definition) is 3. The molecular formula is C15H26N2O3. The average Bonchev–Trinajstić information content (AvgIpc) is 2.46. The molecule has 1 heterocycles. The summed E-state index contributed by atoms with van der Waals surface area (Å²) in [7, 11) is 0. The van der Waals surface area contributed by atoms with Gasteiger partial charge in [-0.3, -0.25) is 9.59 Å². The number of piperidine rings is 1. The Hall–Kier alpha value is -1.10. The van der Waals surface area contributed by atoms with Crippen LogP contribution in [0.15, 0.2) is 0 Å². The quantitative estimate of drug-likeness (QED) is 0.848. The van der Waals surface area contributed by atoms with E-state index < -0.39 is 0 Å². The lowest BCUT2D eigenvalue weighted by atomic mass is 9.93. The van der Waals surface area contributed by atoms with Gasteiger partial charge in [0.1, 0.15) is 6.61 Å². The Kier molecular flexibility index (Phi) is 5.40. The highest BCUT2D eigenvalue weighted by Gasteiger charge is 2.31. The molecule has 0 aromatic carbocycles. The molecule has 0 spiro atoms. The molecule has 0 aromatic heterocycles. The van der Waals surface area contributed by atoms with Gasteiger partial charge in [0, 0.05) is 12.6 Å². The summed E-state index contributed by atoms with van der Waals surface area (Å²) in [6.45, 7) is 2.61. The highest BCUT2D eigenvalue weighted by molar-refractivity contribution is 5.81. The topological polar surface area (TPSA) is 72.6 Å². The first kappa shape index (κ1) is 15.3. The molecule has 2 amide bonds. The zero-order chi connectivity index (χ0) is 14.5. The maximum atomic E-state index is 12.3. The van der Waals surface area contributed by atoms with Gasteiger partial charge in [-0.15, -0.1) is 0 Å². The van der Waals surface area contributed by atoms with Crippen molar-refractivity contribution < 1.29 is 14.3 Å². The summed E-state index contributed by atoms with van der Waals surface area (Å²) in [6.07, 6.45) is 7.65. The Morgan fingerprint density at radius 3 is 2.50 bits per heavy atom. The number of primary amides is 1. The summed E-state index contributed by atoms with van der Waals surface area (Å²) in [5.74, 6) is -0.512. The molecule has 0 unspecified atom stereocenters. The number of carbonyl (C=O) groups is 2. The summed E-state index contributed by atoms with van der Waals surface area (Å²) in [5.41, 5.74) is 5.36. The lowest BCUT2D eigenvalue weighted by molar-refractivity contribution is -0.144. The van der Waals surface area contributed by atoms with E-state index in [0.29, 0.717) is 6.54 Å². The van der Waals surface area contributed by atoms with Crippen LogP contribution in [0.1, 0.15) is 51.9 Å². The van der Waals surface area contributed by atoms with E-state index in [1.54, 1.807) is 4.90 Å². The molecule has 1 saturated heterocycles. The van der Waals surface area contributed by atoms with Gasteiger partial charge in [0.05, 0.1) is 12.0 Å². The van der Waals surface area contributed by atoms with Gasteiger partial charge in [-0.2, -0.15) is 0 Å². The molecule has 2 aliphatic rings. The molecule has 5 heteroatoms. The van der Waals surface area contributed by atoms with Crippen molar-refractivity contribution in [3.8, 4) is 0 Å². The molecule has 20 heavy (non-hydrogen) atoms. The fourth-order valence-electron chi connectivity index (χ4n) is 3.19. The van der Waals surface area contributed by atoms with Crippen LogP contribution in [-0.2, 0) is 14.3 Å². The highest BCUT2D eigenvalue weighted by Crippen LogP contribution is 2.23. The summed E-state index contributed by atoms with van der Waals surface area (Å²) < 4.78 is 5.73. The number of likely N-dealkylation sites (tertiary alicyclic amines) is 1. The molecule has 0 bridgehead atoms. The first-order valence-electron chi connectivity index (χ1n) is 7.78. The Labute approximate surface area is 120 Å². The molecule has 0 radical (unpaired) electrons. The van der Waals surface area contributed by atoms with Crippen molar-refractivity contribution in [3.05, 3.63) is 0 Å². The Bertz CT molecular complexity index is 353. The number of carbonyl (C=O) groups excluding carboxylic acids is 2. The van der Waals surface area contributed by atoms with E-state index in [1.807, 2.05) is 6.92 Å². The lowest BCUT2D eigenvalue weighted by Gasteiger charge is -2.37. The van der Waals surface area contributed by atoms with Crippen LogP contribution >= 0.6 is 0 Å². The molecule has 5 nitrogen and oxygen atoms in total. The zero-order valence-corrected chi connectivity index (χ0v) is 12.3. The van der Waals surface area contributed by atoms with Crippen molar-refractivity contribution in [2.24, 2.45) is 11.7 Å². The molecule has 2 N–H and O–H groups in total. The van der Waals surface area contributed by atoms with Crippen LogP contribution in [0.25, 0.3) is 0 Å². The van der Waals surface area contributed by atoms with E-state index >= 15 is 0 Å². The van der Waals surface area contributed by atoms with Crippen molar-refractivity contribution in [2.45, 2.75) is 64.0 Å². The van der Waals surface area contributed by atoms with Crippen LogP contribution in [-0.4, -0.2) is 42.0 Å². The number of amides is 2. The summed E-state index contributed by atoms with van der Waals surface area (Å²) >= 11 is 0. The minimum absolute atomic E-state index is 0.00553. The normalized spacial score (nSPS) is 28.4. The maximum Gasteiger partial charge on any atom is 0.248 e. The van der Waals surface area contributed by atoms with Gasteiger partial charge in [0.2, 0.25) is 11.8 Å². The molecule has 1 aliphatic carbocycles. The second kappa shape index (κ2) is 7.07. The maximum absolute atomic E-state index is 12.3. The van der Waals surface area contributed by atoms with E-state index in [2.05, 4.69) is 0 Å². The SMILES string of the molecule is C[C@@H]1CC[C@@H](C(N)=O)CN1C(=O)COC1CCCCC1. The van der Waals surface area contributed by atoms with Crippen LogP contribution in [0.3, 0.4) is 0 Å². The van der Waals surface area contributed by atoms with Gasteiger partial charge >= 0.3 is 0 Å². The predicted octanol–water partition coefficient (Wildman–Crippen LogP) is 1.45. The van der Waals surface area contributed by atoms with Gasteiger partial charge in [0.15, 0.2) is 0 Å². The molecule has 2 rings (SSSR count).